The smallest absolute Gasteiger partial charge is 0.326 e. The molecule has 1 aromatic heterocycles. The summed E-state index contributed by atoms with van der Waals surface area (Å²) < 4.78 is 18.0. The molecule has 0 radical (unpaired) electrons. The number of methoxy groups -OCH3 is 3. The van der Waals surface area contributed by atoms with Crippen LogP contribution in [0.1, 0.15) is 36.2 Å². The van der Waals surface area contributed by atoms with Gasteiger partial charge in [0.1, 0.15) is 0 Å². The average molecular weight is 440 g/mol. The molecular weight excluding hydrogens is 410 g/mol. The number of piperidine rings is 1. The van der Waals surface area contributed by atoms with Gasteiger partial charge in [-0.15, -0.1) is 0 Å². The normalized spacial score (nSPS) is 16.1. The second-order valence-electron chi connectivity index (χ2n) is 8.04. The molecular formula is C24H29N3O5. The molecule has 2 heterocycles. The fraction of sp³-hybridized carbons (Fsp3) is 0.417. The summed E-state index contributed by atoms with van der Waals surface area (Å²) in [5.41, 5.74) is 2.22. The number of aromatic amines is 1. The molecule has 8 heteroatoms. The van der Waals surface area contributed by atoms with Crippen LogP contribution in [0.2, 0.25) is 0 Å². The Hall–Kier alpha value is -3.26. The minimum atomic E-state index is -0.307. The van der Waals surface area contributed by atoms with E-state index in [1.54, 1.807) is 12.1 Å². The third-order valence-electron chi connectivity index (χ3n) is 6.36. The number of ether oxygens (including phenoxy) is 3. The Balaban J connectivity index is 1.50. The molecule has 1 atom stereocenters. The largest absolute Gasteiger partial charge is 0.493 e. The number of benzene rings is 2. The molecule has 0 aliphatic carbocycles. The molecule has 1 saturated heterocycles. The molecule has 1 aliphatic heterocycles. The van der Waals surface area contributed by atoms with Gasteiger partial charge in [0.05, 0.1) is 38.4 Å². The van der Waals surface area contributed by atoms with Gasteiger partial charge in [0.2, 0.25) is 5.75 Å². The van der Waals surface area contributed by atoms with Crippen molar-refractivity contribution in [2.24, 2.45) is 0 Å². The van der Waals surface area contributed by atoms with E-state index in [1.165, 1.54) is 21.3 Å². The van der Waals surface area contributed by atoms with Gasteiger partial charge in [-0.3, -0.25) is 14.3 Å². The van der Waals surface area contributed by atoms with Crippen LogP contribution in [0.3, 0.4) is 0 Å². The monoisotopic (exact) mass is 439 g/mol. The number of carbonyl (C=O) groups excluding carboxylic acids is 1. The van der Waals surface area contributed by atoms with Crippen molar-refractivity contribution >= 4 is 16.8 Å². The van der Waals surface area contributed by atoms with E-state index in [0.717, 1.165) is 37.0 Å². The summed E-state index contributed by atoms with van der Waals surface area (Å²) >= 11 is 0. The van der Waals surface area contributed by atoms with Gasteiger partial charge in [0.15, 0.2) is 17.3 Å². The molecule has 4 rings (SSSR count). The summed E-state index contributed by atoms with van der Waals surface area (Å²) in [7, 11) is 4.60. The zero-order valence-electron chi connectivity index (χ0n) is 18.9. The number of ketones is 1. The second-order valence-corrected chi connectivity index (χ2v) is 8.04. The number of Topliss-reactive ketones (excluding diaryl/α,β-unsaturated/α-hetero) is 1. The molecule has 3 aromatic rings. The van der Waals surface area contributed by atoms with Crippen molar-refractivity contribution in [1.82, 2.24) is 14.5 Å². The fourth-order valence-corrected chi connectivity index (χ4v) is 4.60. The predicted octanol–water partition coefficient (Wildman–Crippen LogP) is 3.26. The fourth-order valence-electron chi connectivity index (χ4n) is 4.60. The maximum Gasteiger partial charge on any atom is 0.326 e. The standard InChI is InChI=1S/C24H29N3O5/c1-15(22(28)16-13-20(30-2)23(32-4)21(14-16)31-3)26-11-9-17(10-12-26)27-19-8-6-5-7-18(19)25-24(27)29/h5-8,13-15,17H,9-12H2,1-4H3,(H,25,29). The summed E-state index contributed by atoms with van der Waals surface area (Å²) in [5, 5.41) is 0. The molecule has 1 fully saturated rings. The molecule has 2 aromatic carbocycles. The van der Waals surface area contributed by atoms with Crippen LogP contribution in [0.15, 0.2) is 41.2 Å². The number of para-hydroxylation sites is 2. The summed E-state index contributed by atoms with van der Waals surface area (Å²) in [4.78, 5) is 30.9. The third kappa shape index (κ3) is 3.86. The number of rotatable bonds is 7. The molecule has 0 bridgehead atoms. The zero-order chi connectivity index (χ0) is 22.8. The first kappa shape index (κ1) is 22.0. The quantitative estimate of drug-likeness (QED) is 0.569. The predicted molar refractivity (Wildman–Crippen MR) is 122 cm³/mol. The van der Waals surface area contributed by atoms with Crippen molar-refractivity contribution in [3.8, 4) is 17.2 Å². The number of fused-ring (bicyclic) bond motifs is 1. The summed E-state index contributed by atoms with van der Waals surface area (Å²) in [6, 6.07) is 10.9. The molecule has 0 amide bonds. The minimum absolute atomic E-state index is 0.00744. The number of aromatic nitrogens is 2. The number of imidazole rings is 1. The van der Waals surface area contributed by atoms with Crippen LogP contribution in [0.4, 0.5) is 0 Å². The van der Waals surface area contributed by atoms with E-state index in [2.05, 4.69) is 9.88 Å². The Morgan fingerprint density at radius 1 is 1.03 bits per heavy atom. The van der Waals surface area contributed by atoms with Gasteiger partial charge in [0.25, 0.3) is 0 Å². The summed E-state index contributed by atoms with van der Waals surface area (Å²) in [6.07, 6.45) is 1.60. The minimum Gasteiger partial charge on any atom is -0.493 e. The number of H-pyrrole nitrogens is 1. The molecule has 1 N–H and O–H groups in total. The third-order valence-corrected chi connectivity index (χ3v) is 6.36. The van der Waals surface area contributed by atoms with Crippen LogP contribution in [0.25, 0.3) is 11.0 Å². The van der Waals surface area contributed by atoms with Crippen LogP contribution < -0.4 is 19.9 Å². The van der Waals surface area contributed by atoms with Gasteiger partial charge in [-0.2, -0.15) is 0 Å². The Morgan fingerprint density at radius 3 is 2.25 bits per heavy atom. The number of carbonyl (C=O) groups is 1. The van der Waals surface area contributed by atoms with E-state index in [1.807, 2.05) is 35.8 Å². The van der Waals surface area contributed by atoms with Gasteiger partial charge in [-0.25, -0.2) is 4.79 Å². The van der Waals surface area contributed by atoms with E-state index in [0.29, 0.717) is 22.8 Å². The molecule has 8 nitrogen and oxygen atoms in total. The summed E-state index contributed by atoms with van der Waals surface area (Å²) in [5.74, 6) is 1.37. The van der Waals surface area contributed by atoms with E-state index in [-0.39, 0.29) is 23.6 Å². The van der Waals surface area contributed by atoms with Gasteiger partial charge < -0.3 is 19.2 Å². The second kappa shape index (κ2) is 9.08. The van der Waals surface area contributed by atoms with Crippen molar-refractivity contribution in [2.75, 3.05) is 34.4 Å². The highest BCUT2D eigenvalue weighted by Crippen LogP contribution is 2.38. The van der Waals surface area contributed by atoms with Crippen molar-refractivity contribution in [2.45, 2.75) is 31.8 Å². The van der Waals surface area contributed by atoms with Crippen molar-refractivity contribution in [1.29, 1.82) is 0 Å². The van der Waals surface area contributed by atoms with Crippen LogP contribution in [0, 0.1) is 0 Å². The SMILES string of the molecule is COc1cc(C(=O)C(C)N2CCC(n3c(=O)[nH]c4ccccc43)CC2)cc(OC)c1OC. The molecule has 0 spiro atoms. The van der Waals surface area contributed by atoms with Gasteiger partial charge in [-0.1, -0.05) is 12.1 Å². The van der Waals surface area contributed by atoms with Crippen LogP contribution in [-0.2, 0) is 0 Å². The lowest BCUT2D eigenvalue weighted by Crippen LogP contribution is -2.45. The van der Waals surface area contributed by atoms with Gasteiger partial charge in [-0.05, 0) is 44.0 Å². The Bertz CT molecular complexity index is 1150. The maximum absolute atomic E-state index is 13.3. The molecule has 1 unspecified atom stereocenters. The van der Waals surface area contributed by atoms with Crippen molar-refractivity contribution < 1.29 is 19.0 Å². The van der Waals surface area contributed by atoms with E-state index >= 15 is 0 Å². The number of hydrogen-bond acceptors (Lipinski definition) is 6. The van der Waals surface area contributed by atoms with Crippen LogP contribution in [-0.4, -0.2) is 60.7 Å². The first-order chi connectivity index (χ1) is 15.5. The van der Waals surface area contributed by atoms with E-state index < -0.39 is 0 Å². The van der Waals surface area contributed by atoms with Gasteiger partial charge >= 0.3 is 5.69 Å². The van der Waals surface area contributed by atoms with Crippen LogP contribution in [0.5, 0.6) is 17.2 Å². The first-order valence-electron chi connectivity index (χ1n) is 10.8. The van der Waals surface area contributed by atoms with Crippen molar-refractivity contribution in [3.05, 3.63) is 52.4 Å². The first-order valence-corrected chi connectivity index (χ1v) is 10.8. The average Bonchev–Trinajstić information content (AvgIpc) is 3.17. The highest BCUT2D eigenvalue weighted by Gasteiger charge is 2.30. The van der Waals surface area contributed by atoms with E-state index in [4.69, 9.17) is 14.2 Å². The zero-order valence-corrected chi connectivity index (χ0v) is 18.9. The number of nitrogens with zero attached hydrogens (tertiary/aromatic N) is 2. The number of hydrogen-bond donors (Lipinski definition) is 1. The van der Waals surface area contributed by atoms with Crippen LogP contribution >= 0.6 is 0 Å². The Kier molecular flexibility index (Phi) is 6.23. The lowest BCUT2D eigenvalue weighted by molar-refractivity contribution is 0.0775. The number of likely N-dealkylation sites (tertiary alicyclic amines) is 1. The molecule has 0 saturated carbocycles. The van der Waals surface area contributed by atoms with E-state index in [9.17, 15) is 9.59 Å². The highest BCUT2D eigenvalue weighted by molar-refractivity contribution is 6.01. The lowest BCUT2D eigenvalue weighted by Gasteiger charge is -2.35. The van der Waals surface area contributed by atoms with Gasteiger partial charge in [0, 0.05) is 24.7 Å². The lowest BCUT2D eigenvalue weighted by atomic mass is 9.98. The Labute approximate surface area is 186 Å². The highest BCUT2D eigenvalue weighted by atomic mass is 16.5. The Morgan fingerprint density at radius 2 is 1.66 bits per heavy atom. The topological polar surface area (TPSA) is 85.8 Å². The summed E-state index contributed by atoms with van der Waals surface area (Å²) in [6.45, 7) is 3.38. The molecule has 32 heavy (non-hydrogen) atoms. The molecule has 1 aliphatic rings. The maximum atomic E-state index is 13.3. The number of nitrogens with one attached hydrogen (secondary N) is 1. The van der Waals surface area contributed by atoms with Crippen molar-refractivity contribution in [3.63, 3.8) is 0 Å². The molecule has 170 valence electrons.